The normalized spacial score (nSPS) is 15.2. The van der Waals surface area contributed by atoms with Gasteiger partial charge in [-0.05, 0) is 59.4 Å². The second kappa shape index (κ2) is 10.5. The van der Waals surface area contributed by atoms with Gasteiger partial charge in [-0.3, -0.25) is 4.99 Å². The third kappa shape index (κ3) is 6.09. The molecule has 0 amide bonds. The number of nitrogens with two attached hydrogens (primary N) is 1. The van der Waals surface area contributed by atoms with Crippen LogP contribution >= 0.6 is 0 Å². The number of hydrogen-bond acceptors (Lipinski definition) is 4. The molecule has 0 aromatic heterocycles. The lowest BCUT2D eigenvalue weighted by molar-refractivity contribution is 0.536. The van der Waals surface area contributed by atoms with Crippen LogP contribution in [0.4, 0.5) is 17.1 Å². The lowest BCUT2D eigenvalue weighted by atomic mass is 9.80. The average Bonchev–Trinajstić information content (AvgIpc) is 3.10. The number of nitrogens with zero attached hydrogens (tertiary/aromatic N) is 1. The average molecular weight is 514 g/mol. The van der Waals surface area contributed by atoms with Gasteiger partial charge in [0.25, 0.3) is 0 Å². The molecule has 3 aromatic rings. The number of anilines is 2. The van der Waals surface area contributed by atoms with Crippen LogP contribution in [-0.2, 0) is 20.9 Å². The maximum atomic E-state index is 11.8. The highest BCUT2D eigenvalue weighted by atomic mass is 32.2. The van der Waals surface area contributed by atoms with E-state index in [1.165, 1.54) is 11.6 Å². The van der Waals surface area contributed by atoms with Crippen LogP contribution < -0.4 is 10.5 Å². The molecule has 192 valence electrons. The van der Waals surface area contributed by atoms with Gasteiger partial charge in [-0.1, -0.05) is 88.4 Å². The van der Waals surface area contributed by atoms with E-state index in [4.69, 9.17) is 10.1 Å². The summed E-state index contributed by atoms with van der Waals surface area (Å²) in [5.74, 6) is 0. The SMILES string of the molecule is CC(C)(CC=C/C=C/CC1=Nc2ccc(S(N)(=O)=O)cc2C1(C)C)c1ccccc1Nc1ccccc1. The molecule has 3 aromatic carbocycles. The molecular formula is C31H35N3O2S. The Morgan fingerprint density at radius 3 is 2.35 bits per heavy atom. The van der Waals surface area contributed by atoms with Crippen LogP contribution in [0.3, 0.4) is 0 Å². The van der Waals surface area contributed by atoms with Gasteiger partial charge < -0.3 is 5.32 Å². The number of benzene rings is 3. The zero-order valence-corrected chi connectivity index (χ0v) is 22.7. The van der Waals surface area contributed by atoms with Crippen molar-refractivity contribution in [3.63, 3.8) is 0 Å². The molecule has 0 bridgehead atoms. The van der Waals surface area contributed by atoms with Crippen molar-refractivity contribution in [2.75, 3.05) is 5.32 Å². The Hall–Kier alpha value is -3.48. The van der Waals surface area contributed by atoms with E-state index < -0.39 is 10.0 Å². The summed E-state index contributed by atoms with van der Waals surface area (Å²) in [6.07, 6.45) is 10.0. The molecule has 1 heterocycles. The fourth-order valence-electron chi connectivity index (χ4n) is 4.70. The first-order valence-corrected chi connectivity index (χ1v) is 14.0. The van der Waals surface area contributed by atoms with Crippen molar-refractivity contribution in [1.82, 2.24) is 0 Å². The van der Waals surface area contributed by atoms with Gasteiger partial charge in [0.2, 0.25) is 10.0 Å². The van der Waals surface area contributed by atoms with Gasteiger partial charge >= 0.3 is 0 Å². The largest absolute Gasteiger partial charge is 0.355 e. The molecule has 3 N–H and O–H groups in total. The van der Waals surface area contributed by atoms with E-state index in [2.05, 4.69) is 93.7 Å². The van der Waals surface area contributed by atoms with E-state index in [9.17, 15) is 8.42 Å². The lowest BCUT2D eigenvalue weighted by Crippen LogP contribution is -2.25. The second-order valence-electron chi connectivity index (χ2n) is 10.6. The van der Waals surface area contributed by atoms with Crippen molar-refractivity contribution in [3.05, 3.63) is 108 Å². The number of allylic oxidation sites excluding steroid dienone is 4. The molecule has 0 unspecified atom stereocenters. The van der Waals surface area contributed by atoms with E-state index in [0.717, 1.165) is 34.8 Å². The molecule has 0 spiro atoms. The Labute approximate surface area is 220 Å². The van der Waals surface area contributed by atoms with Gasteiger partial charge in [0.05, 0.1) is 10.6 Å². The smallest absolute Gasteiger partial charge is 0.238 e. The zero-order valence-electron chi connectivity index (χ0n) is 21.9. The van der Waals surface area contributed by atoms with E-state index in [-0.39, 0.29) is 15.7 Å². The minimum absolute atomic E-state index is 0.0527. The summed E-state index contributed by atoms with van der Waals surface area (Å²) < 4.78 is 23.6. The van der Waals surface area contributed by atoms with Crippen LogP contribution in [0.1, 0.15) is 51.7 Å². The summed E-state index contributed by atoms with van der Waals surface area (Å²) in [6.45, 7) is 8.65. The molecule has 0 fully saturated rings. The monoisotopic (exact) mass is 513 g/mol. The van der Waals surface area contributed by atoms with E-state index in [1.807, 2.05) is 18.2 Å². The summed E-state index contributed by atoms with van der Waals surface area (Å²) >= 11 is 0. The number of fused-ring (bicyclic) bond motifs is 1. The quantitative estimate of drug-likeness (QED) is 0.294. The van der Waals surface area contributed by atoms with E-state index >= 15 is 0 Å². The van der Waals surface area contributed by atoms with Crippen molar-refractivity contribution in [1.29, 1.82) is 0 Å². The molecule has 6 heteroatoms. The highest BCUT2D eigenvalue weighted by Crippen LogP contribution is 2.42. The number of rotatable bonds is 9. The van der Waals surface area contributed by atoms with Crippen LogP contribution in [0, 0.1) is 0 Å². The third-order valence-electron chi connectivity index (χ3n) is 6.98. The Morgan fingerprint density at radius 1 is 0.946 bits per heavy atom. The molecule has 0 atom stereocenters. The third-order valence-corrected chi connectivity index (χ3v) is 7.89. The summed E-state index contributed by atoms with van der Waals surface area (Å²) in [7, 11) is -3.75. The molecular weight excluding hydrogens is 478 g/mol. The molecule has 1 aliphatic heterocycles. The Bertz CT molecular complexity index is 1470. The molecule has 0 saturated heterocycles. The topological polar surface area (TPSA) is 84.5 Å². The molecule has 37 heavy (non-hydrogen) atoms. The van der Waals surface area contributed by atoms with Crippen LogP contribution in [0.25, 0.3) is 0 Å². The fourth-order valence-corrected chi connectivity index (χ4v) is 5.24. The highest BCUT2D eigenvalue weighted by molar-refractivity contribution is 7.89. The Kier molecular flexibility index (Phi) is 7.53. The summed E-state index contributed by atoms with van der Waals surface area (Å²) in [5, 5.41) is 8.88. The van der Waals surface area contributed by atoms with Crippen molar-refractivity contribution >= 4 is 32.8 Å². The molecule has 0 saturated carbocycles. The zero-order chi connectivity index (χ0) is 26.7. The maximum Gasteiger partial charge on any atom is 0.238 e. The van der Waals surface area contributed by atoms with Gasteiger partial charge in [-0.25, -0.2) is 13.6 Å². The van der Waals surface area contributed by atoms with Crippen molar-refractivity contribution in [2.45, 2.75) is 56.3 Å². The predicted molar refractivity (Wildman–Crippen MR) is 155 cm³/mol. The Balaban J connectivity index is 1.39. The Morgan fingerprint density at radius 2 is 1.62 bits per heavy atom. The lowest BCUT2D eigenvalue weighted by Gasteiger charge is -2.27. The number of primary sulfonamides is 1. The minimum Gasteiger partial charge on any atom is -0.355 e. The van der Waals surface area contributed by atoms with Gasteiger partial charge in [-0.2, -0.15) is 0 Å². The number of hydrogen-bond donors (Lipinski definition) is 2. The molecule has 0 radical (unpaired) electrons. The van der Waals surface area contributed by atoms with Crippen LogP contribution in [0.5, 0.6) is 0 Å². The first kappa shape index (κ1) is 26.6. The first-order chi connectivity index (χ1) is 17.5. The summed E-state index contributed by atoms with van der Waals surface area (Å²) in [5.41, 5.74) is 5.75. The van der Waals surface area contributed by atoms with Crippen molar-refractivity contribution < 1.29 is 8.42 Å². The van der Waals surface area contributed by atoms with Crippen molar-refractivity contribution in [3.8, 4) is 0 Å². The van der Waals surface area contributed by atoms with Gasteiger partial charge in [0.15, 0.2) is 0 Å². The molecule has 4 rings (SSSR count). The fraction of sp³-hybridized carbons (Fsp3) is 0.258. The van der Waals surface area contributed by atoms with Crippen LogP contribution in [0.15, 0.2) is 107 Å². The van der Waals surface area contributed by atoms with Crippen LogP contribution in [0.2, 0.25) is 0 Å². The van der Waals surface area contributed by atoms with Crippen LogP contribution in [-0.4, -0.2) is 14.1 Å². The predicted octanol–water partition coefficient (Wildman–Crippen LogP) is 7.31. The molecule has 5 nitrogen and oxygen atoms in total. The maximum absolute atomic E-state index is 11.8. The number of sulfonamides is 1. The number of nitrogens with one attached hydrogen (secondary N) is 1. The second-order valence-corrected chi connectivity index (χ2v) is 12.2. The van der Waals surface area contributed by atoms with E-state index in [1.54, 1.807) is 12.1 Å². The van der Waals surface area contributed by atoms with Gasteiger partial charge in [0.1, 0.15) is 0 Å². The summed E-state index contributed by atoms with van der Waals surface area (Å²) in [4.78, 5) is 4.89. The molecule has 0 aliphatic carbocycles. The highest BCUT2D eigenvalue weighted by Gasteiger charge is 2.34. The summed E-state index contributed by atoms with van der Waals surface area (Å²) in [6, 6.07) is 23.6. The number of para-hydroxylation sites is 2. The van der Waals surface area contributed by atoms with Gasteiger partial charge in [0, 0.05) is 28.9 Å². The minimum atomic E-state index is -3.75. The number of aliphatic imine (C=N–C) groups is 1. The van der Waals surface area contributed by atoms with E-state index in [0.29, 0.717) is 6.42 Å². The van der Waals surface area contributed by atoms with Gasteiger partial charge in [-0.15, -0.1) is 0 Å². The first-order valence-electron chi connectivity index (χ1n) is 12.5. The standard InChI is InChI=1S/C31H35N3O2S/c1-30(2,25-16-11-12-17-27(25)33-23-14-8-7-9-15-23)21-13-6-5-10-18-29-31(3,4)26-22-24(37(32,35)36)19-20-28(26)34-29/h5-17,19-20,22,33H,18,21H2,1-4H3,(H2,32,35,36)/b10-5+,13-6?. The molecule has 1 aliphatic rings. The van der Waals surface area contributed by atoms with Crippen molar-refractivity contribution in [2.24, 2.45) is 10.1 Å².